The lowest BCUT2D eigenvalue weighted by molar-refractivity contribution is 0.0240. The number of piperazine rings is 1. The quantitative estimate of drug-likeness (QED) is 0.731. The standard InChI is InChI=1S/C15H21ClN6O2/c1-15(2,3)24-14(23)22-7-5-21(6-8-22)12-10-11(17-9-18-12)20(4)13(16)19-10/h9H,5-8H2,1-4H3. The predicted molar refractivity (Wildman–Crippen MR) is 91.3 cm³/mol. The van der Waals surface area contributed by atoms with Crippen molar-refractivity contribution >= 4 is 34.7 Å². The summed E-state index contributed by atoms with van der Waals surface area (Å²) in [5, 5.41) is 0.374. The maximum atomic E-state index is 12.1. The first-order chi connectivity index (χ1) is 11.3. The van der Waals surface area contributed by atoms with Gasteiger partial charge in [0.15, 0.2) is 17.0 Å². The maximum Gasteiger partial charge on any atom is 0.410 e. The van der Waals surface area contributed by atoms with Crippen molar-refractivity contribution in [3.05, 3.63) is 11.6 Å². The molecule has 0 radical (unpaired) electrons. The summed E-state index contributed by atoms with van der Waals surface area (Å²) in [7, 11) is 1.81. The molecule has 9 heteroatoms. The molecule has 1 aliphatic rings. The van der Waals surface area contributed by atoms with Crippen LogP contribution in [0, 0.1) is 0 Å². The number of aryl methyl sites for hydroxylation is 1. The Kier molecular flexibility index (Phi) is 4.25. The normalized spacial score (nSPS) is 15.9. The number of aromatic nitrogens is 4. The molecule has 0 aliphatic carbocycles. The van der Waals surface area contributed by atoms with Crippen LogP contribution in [0.5, 0.6) is 0 Å². The van der Waals surface area contributed by atoms with Crippen molar-refractivity contribution in [2.24, 2.45) is 7.05 Å². The third-order valence-electron chi connectivity index (χ3n) is 3.81. The van der Waals surface area contributed by atoms with Crippen molar-refractivity contribution in [2.45, 2.75) is 26.4 Å². The first-order valence-electron chi connectivity index (χ1n) is 7.82. The Morgan fingerprint density at radius 2 is 1.88 bits per heavy atom. The van der Waals surface area contributed by atoms with Gasteiger partial charge in [0, 0.05) is 33.2 Å². The number of hydrogen-bond donors (Lipinski definition) is 0. The van der Waals surface area contributed by atoms with Gasteiger partial charge < -0.3 is 19.1 Å². The highest BCUT2D eigenvalue weighted by molar-refractivity contribution is 6.29. The summed E-state index contributed by atoms with van der Waals surface area (Å²) in [4.78, 5) is 28.9. The molecule has 1 aliphatic heterocycles. The molecule has 3 rings (SSSR count). The highest BCUT2D eigenvalue weighted by Crippen LogP contribution is 2.25. The Balaban J connectivity index is 1.74. The molecule has 0 aromatic carbocycles. The number of rotatable bonds is 1. The SMILES string of the molecule is Cn1c(Cl)nc2c(N3CCN(C(=O)OC(C)(C)C)CC3)ncnc21. The summed E-state index contributed by atoms with van der Waals surface area (Å²) < 4.78 is 7.14. The van der Waals surface area contributed by atoms with E-state index in [0.29, 0.717) is 42.6 Å². The van der Waals surface area contributed by atoms with E-state index < -0.39 is 5.60 Å². The van der Waals surface area contributed by atoms with Crippen LogP contribution in [0.1, 0.15) is 20.8 Å². The summed E-state index contributed by atoms with van der Waals surface area (Å²) in [5.74, 6) is 0.742. The van der Waals surface area contributed by atoms with Crippen molar-refractivity contribution in [2.75, 3.05) is 31.1 Å². The van der Waals surface area contributed by atoms with Gasteiger partial charge in [-0.3, -0.25) is 0 Å². The van der Waals surface area contributed by atoms with Gasteiger partial charge >= 0.3 is 6.09 Å². The number of hydrogen-bond acceptors (Lipinski definition) is 6. The second kappa shape index (κ2) is 6.08. The number of carbonyl (C=O) groups excluding carboxylic acids is 1. The molecule has 3 heterocycles. The minimum Gasteiger partial charge on any atom is -0.444 e. The van der Waals surface area contributed by atoms with Crippen LogP contribution in [0.3, 0.4) is 0 Å². The van der Waals surface area contributed by atoms with Gasteiger partial charge in [0.25, 0.3) is 0 Å². The summed E-state index contributed by atoms with van der Waals surface area (Å²) in [6, 6.07) is 0. The summed E-state index contributed by atoms with van der Waals surface area (Å²) in [6.45, 7) is 8.04. The average molecular weight is 353 g/mol. The zero-order valence-electron chi connectivity index (χ0n) is 14.3. The Morgan fingerprint density at radius 1 is 1.21 bits per heavy atom. The minimum atomic E-state index is -0.488. The number of nitrogens with zero attached hydrogens (tertiary/aromatic N) is 6. The number of ether oxygens (including phenoxy) is 1. The molecular formula is C15H21ClN6O2. The largest absolute Gasteiger partial charge is 0.444 e. The fraction of sp³-hybridized carbons (Fsp3) is 0.600. The molecular weight excluding hydrogens is 332 g/mol. The minimum absolute atomic E-state index is 0.282. The molecule has 2 aromatic rings. The lowest BCUT2D eigenvalue weighted by Gasteiger charge is -2.36. The molecule has 24 heavy (non-hydrogen) atoms. The van der Waals surface area contributed by atoms with E-state index in [1.807, 2.05) is 27.8 Å². The maximum absolute atomic E-state index is 12.1. The first-order valence-corrected chi connectivity index (χ1v) is 8.20. The number of halogens is 1. The topological polar surface area (TPSA) is 76.4 Å². The molecule has 8 nitrogen and oxygen atoms in total. The third kappa shape index (κ3) is 3.24. The monoisotopic (exact) mass is 352 g/mol. The zero-order valence-corrected chi connectivity index (χ0v) is 15.0. The number of anilines is 1. The average Bonchev–Trinajstić information content (AvgIpc) is 2.81. The van der Waals surface area contributed by atoms with Crippen LogP contribution in [0.4, 0.5) is 10.6 Å². The summed E-state index contributed by atoms with van der Waals surface area (Å²) in [6.07, 6.45) is 1.23. The lowest BCUT2D eigenvalue weighted by Crippen LogP contribution is -2.50. The second-order valence-corrected chi connectivity index (χ2v) is 7.10. The summed E-state index contributed by atoms with van der Waals surface area (Å²) in [5.41, 5.74) is 0.882. The van der Waals surface area contributed by atoms with Crippen molar-refractivity contribution < 1.29 is 9.53 Å². The Hall–Kier alpha value is -2.09. The van der Waals surface area contributed by atoms with Crippen LogP contribution in [-0.2, 0) is 11.8 Å². The van der Waals surface area contributed by atoms with E-state index in [-0.39, 0.29) is 6.09 Å². The molecule has 2 aromatic heterocycles. The van der Waals surface area contributed by atoms with Gasteiger partial charge in [-0.2, -0.15) is 0 Å². The van der Waals surface area contributed by atoms with Gasteiger partial charge in [-0.15, -0.1) is 0 Å². The highest BCUT2D eigenvalue weighted by Gasteiger charge is 2.27. The van der Waals surface area contributed by atoms with E-state index in [9.17, 15) is 4.79 Å². The summed E-state index contributed by atoms with van der Waals surface area (Å²) >= 11 is 6.09. The Labute approximate surface area is 145 Å². The smallest absolute Gasteiger partial charge is 0.410 e. The van der Waals surface area contributed by atoms with Crippen LogP contribution in [-0.4, -0.2) is 62.3 Å². The van der Waals surface area contributed by atoms with E-state index in [1.165, 1.54) is 6.33 Å². The molecule has 0 N–H and O–H groups in total. The second-order valence-electron chi connectivity index (χ2n) is 6.76. The van der Waals surface area contributed by atoms with Gasteiger partial charge in [0.2, 0.25) is 5.28 Å². The van der Waals surface area contributed by atoms with E-state index >= 15 is 0 Å². The zero-order chi connectivity index (χ0) is 17.5. The van der Waals surface area contributed by atoms with Crippen molar-refractivity contribution in [3.63, 3.8) is 0 Å². The van der Waals surface area contributed by atoms with Gasteiger partial charge in [-0.05, 0) is 32.4 Å². The molecule has 1 saturated heterocycles. The van der Waals surface area contributed by atoms with Crippen molar-refractivity contribution in [1.29, 1.82) is 0 Å². The van der Waals surface area contributed by atoms with Gasteiger partial charge in [-0.1, -0.05) is 0 Å². The van der Waals surface area contributed by atoms with E-state index in [4.69, 9.17) is 16.3 Å². The van der Waals surface area contributed by atoms with Crippen molar-refractivity contribution in [1.82, 2.24) is 24.4 Å². The van der Waals surface area contributed by atoms with Crippen LogP contribution < -0.4 is 4.90 Å². The number of amides is 1. The molecule has 0 saturated carbocycles. The lowest BCUT2D eigenvalue weighted by atomic mass is 10.2. The van der Waals surface area contributed by atoms with Gasteiger partial charge in [0.1, 0.15) is 11.9 Å². The third-order valence-corrected chi connectivity index (χ3v) is 4.15. The van der Waals surface area contributed by atoms with E-state index in [1.54, 1.807) is 9.47 Å². The van der Waals surface area contributed by atoms with Crippen LogP contribution >= 0.6 is 11.6 Å². The van der Waals surface area contributed by atoms with Crippen molar-refractivity contribution in [3.8, 4) is 0 Å². The van der Waals surface area contributed by atoms with E-state index in [2.05, 4.69) is 19.9 Å². The predicted octanol–water partition coefficient (Wildman–Crippen LogP) is 2.07. The number of imidazole rings is 1. The molecule has 1 fully saturated rings. The Morgan fingerprint density at radius 3 is 2.50 bits per heavy atom. The van der Waals surface area contributed by atoms with Crippen LogP contribution in [0.15, 0.2) is 6.33 Å². The molecule has 130 valence electrons. The van der Waals surface area contributed by atoms with Gasteiger partial charge in [0.05, 0.1) is 0 Å². The number of fused-ring (bicyclic) bond motifs is 1. The fourth-order valence-electron chi connectivity index (χ4n) is 2.62. The van der Waals surface area contributed by atoms with Crippen LogP contribution in [0.25, 0.3) is 11.2 Å². The molecule has 0 bridgehead atoms. The van der Waals surface area contributed by atoms with E-state index in [0.717, 1.165) is 5.82 Å². The fourth-order valence-corrected chi connectivity index (χ4v) is 2.78. The first kappa shape index (κ1) is 16.8. The van der Waals surface area contributed by atoms with Crippen LogP contribution in [0.2, 0.25) is 5.28 Å². The molecule has 0 unspecified atom stereocenters. The number of carbonyl (C=O) groups is 1. The van der Waals surface area contributed by atoms with Gasteiger partial charge in [-0.25, -0.2) is 19.7 Å². The molecule has 0 spiro atoms. The highest BCUT2D eigenvalue weighted by atomic mass is 35.5. The molecule has 1 amide bonds. The molecule has 0 atom stereocenters. The Bertz CT molecular complexity index is 761.